The van der Waals surface area contributed by atoms with Gasteiger partial charge in [0.1, 0.15) is 0 Å². The zero-order valence-corrected chi connectivity index (χ0v) is 16.6. The molecule has 0 saturated carbocycles. The van der Waals surface area contributed by atoms with Gasteiger partial charge >= 0.3 is 0 Å². The lowest BCUT2D eigenvalue weighted by molar-refractivity contribution is -0.137. The Labute approximate surface area is 166 Å². The molecular formula is C23H29N3O2. The summed E-state index contributed by atoms with van der Waals surface area (Å²) in [6.07, 6.45) is 2.41. The summed E-state index contributed by atoms with van der Waals surface area (Å²) < 4.78 is 0. The normalized spacial score (nSPS) is 20.9. The lowest BCUT2D eigenvalue weighted by Crippen LogP contribution is -2.44. The molecule has 28 heavy (non-hydrogen) atoms. The number of anilines is 1. The van der Waals surface area contributed by atoms with E-state index in [0.29, 0.717) is 18.9 Å². The van der Waals surface area contributed by atoms with E-state index in [1.807, 2.05) is 40.1 Å². The number of rotatable bonds is 5. The van der Waals surface area contributed by atoms with Crippen LogP contribution in [-0.2, 0) is 9.59 Å². The molecule has 2 aromatic carbocycles. The smallest absolute Gasteiger partial charge is 0.228 e. The van der Waals surface area contributed by atoms with Crippen molar-refractivity contribution < 1.29 is 9.59 Å². The van der Waals surface area contributed by atoms with E-state index in [0.717, 1.165) is 55.5 Å². The minimum atomic E-state index is -0.225. The van der Waals surface area contributed by atoms with Gasteiger partial charge in [0, 0.05) is 31.4 Å². The number of amides is 2. The second kappa shape index (κ2) is 8.31. The van der Waals surface area contributed by atoms with Crippen LogP contribution in [0.2, 0.25) is 0 Å². The molecule has 0 bridgehead atoms. The van der Waals surface area contributed by atoms with Gasteiger partial charge in [-0.2, -0.15) is 0 Å². The standard InChI is InChI=1S/C23H29N3O2/c1-2-24-15-17-10-12-25(13-11-17)23(28)19-14-22(27)26(16-19)21-9-5-7-18-6-3-4-8-20(18)21/h3-9,17,19,24H,2,10-16H2,1H3. The Bertz CT molecular complexity index is 853. The molecule has 5 nitrogen and oxygen atoms in total. The highest BCUT2D eigenvalue weighted by molar-refractivity contribution is 6.07. The van der Waals surface area contributed by atoms with Gasteiger partial charge in [0.2, 0.25) is 11.8 Å². The molecule has 5 heteroatoms. The molecule has 2 amide bonds. The first kappa shape index (κ1) is 18.9. The van der Waals surface area contributed by atoms with Crippen LogP contribution in [0.15, 0.2) is 42.5 Å². The molecule has 2 heterocycles. The van der Waals surface area contributed by atoms with Crippen LogP contribution in [0.1, 0.15) is 26.2 Å². The van der Waals surface area contributed by atoms with Crippen LogP contribution in [0.5, 0.6) is 0 Å². The van der Waals surface area contributed by atoms with Crippen molar-refractivity contribution in [3.8, 4) is 0 Å². The molecule has 1 atom stereocenters. The number of piperidine rings is 1. The van der Waals surface area contributed by atoms with Gasteiger partial charge in [0.15, 0.2) is 0 Å². The van der Waals surface area contributed by atoms with Crippen LogP contribution in [-0.4, -0.2) is 49.4 Å². The van der Waals surface area contributed by atoms with Gasteiger partial charge in [-0.1, -0.05) is 43.3 Å². The first-order valence-electron chi connectivity index (χ1n) is 10.4. The van der Waals surface area contributed by atoms with Gasteiger partial charge in [-0.15, -0.1) is 0 Å². The predicted molar refractivity (Wildman–Crippen MR) is 112 cm³/mol. The largest absolute Gasteiger partial charge is 0.342 e. The van der Waals surface area contributed by atoms with Crippen molar-refractivity contribution in [3.05, 3.63) is 42.5 Å². The third-order valence-corrected chi connectivity index (χ3v) is 6.14. The molecule has 148 valence electrons. The molecule has 1 N–H and O–H groups in total. The predicted octanol–water partition coefficient (Wildman–Crippen LogP) is 3.04. The van der Waals surface area contributed by atoms with E-state index in [1.54, 1.807) is 0 Å². The SMILES string of the molecule is CCNCC1CCN(C(=O)C2CC(=O)N(c3cccc4ccccc34)C2)CC1. The number of carbonyl (C=O) groups is 2. The van der Waals surface area contributed by atoms with Crippen LogP contribution < -0.4 is 10.2 Å². The zero-order valence-electron chi connectivity index (χ0n) is 16.6. The summed E-state index contributed by atoms with van der Waals surface area (Å²) in [4.78, 5) is 29.6. The Kier molecular flexibility index (Phi) is 5.62. The molecule has 4 rings (SSSR count). The van der Waals surface area contributed by atoms with E-state index in [2.05, 4.69) is 24.4 Å². The average molecular weight is 380 g/mol. The Morgan fingerprint density at radius 2 is 1.86 bits per heavy atom. The van der Waals surface area contributed by atoms with E-state index >= 15 is 0 Å². The molecule has 0 radical (unpaired) electrons. The second-order valence-corrected chi connectivity index (χ2v) is 7.98. The first-order chi connectivity index (χ1) is 13.7. The molecule has 2 aliphatic rings. The fourth-order valence-corrected chi connectivity index (χ4v) is 4.51. The van der Waals surface area contributed by atoms with Crippen molar-refractivity contribution in [2.75, 3.05) is 37.6 Å². The molecule has 0 spiro atoms. The van der Waals surface area contributed by atoms with Crippen LogP contribution >= 0.6 is 0 Å². The maximum atomic E-state index is 13.0. The number of fused-ring (bicyclic) bond motifs is 1. The number of benzene rings is 2. The van der Waals surface area contributed by atoms with Crippen LogP contribution in [0.3, 0.4) is 0 Å². The maximum absolute atomic E-state index is 13.0. The van der Waals surface area contributed by atoms with Gasteiger partial charge in [-0.25, -0.2) is 0 Å². The van der Waals surface area contributed by atoms with Crippen LogP contribution in [0.4, 0.5) is 5.69 Å². The van der Waals surface area contributed by atoms with Crippen molar-refractivity contribution in [1.82, 2.24) is 10.2 Å². The van der Waals surface area contributed by atoms with Gasteiger partial charge in [-0.3, -0.25) is 9.59 Å². The molecular weight excluding hydrogens is 350 g/mol. The Hall–Kier alpha value is -2.40. The third kappa shape index (κ3) is 3.76. The van der Waals surface area contributed by atoms with Gasteiger partial charge < -0.3 is 15.1 Å². The van der Waals surface area contributed by atoms with Crippen molar-refractivity contribution in [2.45, 2.75) is 26.2 Å². The highest BCUT2D eigenvalue weighted by atomic mass is 16.2. The molecule has 0 aliphatic carbocycles. The number of carbonyl (C=O) groups excluding carboxylic acids is 2. The number of hydrogen-bond acceptors (Lipinski definition) is 3. The molecule has 2 saturated heterocycles. The molecule has 1 unspecified atom stereocenters. The topological polar surface area (TPSA) is 52.7 Å². The van der Waals surface area contributed by atoms with E-state index in [4.69, 9.17) is 0 Å². The van der Waals surface area contributed by atoms with Crippen LogP contribution in [0.25, 0.3) is 10.8 Å². The first-order valence-corrected chi connectivity index (χ1v) is 10.4. The third-order valence-electron chi connectivity index (χ3n) is 6.14. The Morgan fingerprint density at radius 1 is 1.11 bits per heavy atom. The summed E-state index contributed by atoms with van der Waals surface area (Å²) in [6, 6.07) is 14.1. The summed E-state index contributed by atoms with van der Waals surface area (Å²) in [7, 11) is 0. The highest BCUT2D eigenvalue weighted by Gasteiger charge is 2.38. The summed E-state index contributed by atoms with van der Waals surface area (Å²) in [5, 5.41) is 5.59. The van der Waals surface area contributed by atoms with Crippen LogP contribution in [0, 0.1) is 11.8 Å². The van der Waals surface area contributed by atoms with Gasteiger partial charge in [-0.05, 0) is 43.3 Å². The van der Waals surface area contributed by atoms with Crippen molar-refractivity contribution >= 4 is 28.3 Å². The van der Waals surface area contributed by atoms with Crippen molar-refractivity contribution in [2.24, 2.45) is 11.8 Å². The number of nitrogens with zero attached hydrogens (tertiary/aromatic N) is 2. The minimum Gasteiger partial charge on any atom is -0.342 e. The summed E-state index contributed by atoms with van der Waals surface area (Å²) in [6.45, 7) is 6.27. The average Bonchev–Trinajstić information content (AvgIpc) is 3.13. The van der Waals surface area contributed by atoms with E-state index in [-0.39, 0.29) is 17.7 Å². The van der Waals surface area contributed by atoms with E-state index < -0.39 is 0 Å². The lowest BCUT2D eigenvalue weighted by atomic mass is 9.95. The maximum Gasteiger partial charge on any atom is 0.228 e. The minimum absolute atomic E-state index is 0.0525. The fourth-order valence-electron chi connectivity index (χ4n) is 4.51. The van der Waals surface area contributed by atoms with Crippen molar-refractivity contribution in [1.29, 1.82) is 0 Å². The fraction of sp³-hybridized carbons (Fsp3) is 0.478. The lowest BCUT2D eigenvalue weighted by Gasteiger charge is -2.33. The van der Waals surface area contributed by atoms with Gasteiger partial charge in [0.05, 0.1) is 11.6 Å². The number of likely N-dealkylation sites (tertiary alicyclic amines) is 1. The Morgan fingerprint density at radius 3 is 2.64 bits per heavy atom. The highest BCUT2D eigenvalue weighted by Crippen LogP contribution is 2.32. The number of hydrogen-bond donors (Lipinski definition) is 1. The van der Waals surface area contributed by atoms with E-state index in [1.165, 1.54) is 0 Å². The summed E-state index contributed by atoms with van der Waals surface area (Å²) in [5.41, 5.74) is 0.919. The Balaban J connectivity index is 1.43. The zero-order chi connectivity index (χ0) is 19.5. The van der Waals surface area contributed by atoms with Gasteiger partial charge in [0.25, 0.3) is 0 Å². The quantitative estimate of drug-likeness (QED) is 0.869. The molecule has 2 aliphatic heterocycles. The second-order valence-electron chi connectivity index (χ2n) is 7.98. The summed E-state index contributed by atoms with van der Waals surface area (Å²) in [5.74, 6) is 0.632. The monoisotopic (exact) mass is 379 g/mol. The van der Waals surface area contributed by atoms with Crippen molar-refractivity contribution in [3.63, 3.8) is 0 Å². The van der Waals surface area contributed by atoms with E-state index in [9.17, 15) is 9.59 Å². The molecule has 2 fully saturated rings. The summed E-state index contributed by atoms with van der Waals surface area (Å²) >= 11 is 0. The number of nitrogens with one attached hydrogen (secondary N) is 1. The molecule has 2 aromatic rings. The molecule has 0 aromatic heterocycles.